The second-order valence-electron chi connectivity index (χ2n) is 0.316. The number of aliphatic hydroxyl groups is 1. The van der Waals surface area contributed by atoms with Gasteiger partial charge in [0.25, 0.3) is 0 Å². The van der Waals surface area contributed by atoms with Gasteiger partial charge in [0.15, 0.2) is 0 Å². The van der Waals surface area contributed by atoms with Crippen molar-refractivity contribution in [3.8, 4) is 0 Å². The van der Waals surface area contributed by atoms with Gasteiger partial charge in [-0.05, 0) is 6.92 Å². The smallest absolute Gasteiger partial charge is 0.0402 e. The zero-order valence-electron chi connectivity index (χ0n) is 5.90. The van der Waals surface area contributed by atoms with E-state index in [0.29, 0.717) is 0 Å². The van der Waals surface area contributed by atoms with Crippen molar-refractivity contribution in [2.75, 3.05) is 6.61 Å². The zero-order valence-corrected chi connectivity index (χ0v) is 7.75. The Bertz CT molecular complexity index is 16.4. The second-order valence-corrected chi connectivity index (χ2v) is 0.316. The van der Waals surface area contributed by atoms with Gasteiger partial charge in [-0.15, -0.1) is 12.4 Å². The Hall–Kier alpha value is 0.516. The topological polar surface area (TPSA) is 209 Å². The molecule has 0 aromatic heterocycles. The van der Waals surface area contributed by atoms with Crippen LogP contribution in [0.1, 0.15) is 6.92 Å². The predicted molar refractivity (Wildman–Crippen MR) is 41.7 cm³/mol. The fraction of sp³-hybridized carbons (Fsp3) is 1.00. The van der Waals surface area contributed by atoms with Crippen LogP contribution < -0.4 is 0 Å². The minimum Gasteiger partial charge on any atom is -0.412 e. The summed E-state index contributed by atoms with van der Waals surface area (Å²) in [7, 11) is 0. The molecule has 0 aliphatic heterocycles. The van der Waals surface area contributed by atoms with E-state index in [1.54, 1.807) is 6.92 Å². The van der Waals surface area contributed by atoms with Gasteiger partial charge in [0.05, 0.1) is 0 Å². The first-order chi connectivity index (χ1) is 1.41. The Morgan fingerprint density at radius 2 is 0.818 bits per heavy atom. The molecule has 9 heteroatoms. The molecule has 0 aromatic carbocycles. The summed E-state index contributed by atoms with van der Waals surface area (Å²) < 4.78 is 0. The van der Waals surface area contributed by atoms with E-state index in [1.807, 2.05) is 0 Å². The molecule has 7 nitrogen and oxygen atoms in total. The summed E-state index contributed by atoms with van der Waals surface area (Å²) in [5.41, 5.74) is 0. The van der Waals surface area contributed by atoms with Gasteiger partial charge in [0.2, 0.25) is 0 Å². The summed E-state index contributed by atoms with van der Waals surface area (Å²) in [4.78, 5) is 0. The van der Waals surface area contributed by atoms with Crippen molar-refractivity contribution < 1.29 is 54.7 Å². The molecule has 11 heavy (non-hydrogen) atoms. The molecule has 0 amide bonds. The van der Waals surface area contributed by atoms with Gasteiger partial charge in [-0.1, -0.05) is 0 Å². The molecule has 0 aromatic rings. The van der Waals surface area contributed by atoms with Gasteiger partial charge in [-0.3, -0.25) is 0 Å². The van der Waals surface area contributed by atoms with Gasteiger partial charge in [-0.2, -0.15) is 0 Å². The average Bonchev–Trinajstić information content (AvgIpc) is 0.918. The molecule has 13 N–H and O–H groups in total. The molecule has 0 spiro atoms. The first-order valence-electron chi connectivity index (χ1n) is 1.02. The molecule has 0 aliphatic rings. The van der Waals surface area contributed by atoms with Crippen molar-refractivity contribution in [1.29, 1.82) is 0 Å². The molecule has 0 heterocycles. The van der Waals surface area contributed by atoms with Crippen molar-refractivity contribution in [1.82, 2.24) is 0 Å². The molecule has 0 saturated heterocycles. The minimum absolute atomic E-state index is 0. The third kappa shape index (κ3) is 2860. The third-order valence-corrected chi connectivity index (χ3v) is 0. The first-order valence-corrected chi connectivity index (χ1v) is 1.02. The van der Waals surface area contributed by atoms with Crippen molar-refractivity contribution in [2.45, 2.75) is 6.92 Å². The van der Waals surface area contributed by atoms with Crippen molar-refractivity contribution in [3.63, 3.8) is 0 Å². The number of halogens is 1. The van der Waals surface area contributed by atoms with Crippen LogP contribution in [0.25, 0.3) is 0 Å². The maximum atomic E-state index is 7.57. The van der Waals surface area contributed by atoms with E-state index in [2.05, 4.69) is 0 Å². The van der Waals surface area contributed by atoms with E-state index < -0.39 is 0 Å². The number of rotatable bonds is 0. The summed E-state index contributed by atoms with van der Waals surface area (Å²) in [5.74, 6) is 0. The summed E-state index contributed by atoms with van der Waals surface area (Å²) in [6, 6.07) is 0. The van der Waals surface area contributed by atoms with E-state index >= 15 is 0 Å². The van der Waals surface area contributed by atoms with Crippen LogP contribution in [0.5, 0.6) is 0 Å². The minimum atomic E-state index is 0. The van der Waals surface area contributed by atoms with Crippen LogP contribution in [0.15, 0.2) is 0 Å². The first kappa shape index (κ1) is 201. The summed E-state index contributed by atoms with van der Waals surface area (Å²) in [6.45, 7) is 1.93. The summed E-state index contributed by atoms with van der Waals surface area (Å²) in [6.07, 6.45) is 0. The van der Waals surface area contributed by atoms with Gasteiger partial charge < -0.3 is 38.0 Å². The Kier molecular flexibility index (Phi) is 7570. The standard InChI is InChI=1S/C2H6O.ClH.Co.6H2O/c1-2-3;;;;;;;;/h3H,2H2,1H3;1H;;6*1H2. The largest absolute Gasteiger partial charge is 0.412 e. The Morgan fingerprint density at radius 1 is 0.818 bits per heavy atom. The van der Waals surface area contributed by atoms with Crippen LogP contribution in [0.2, 0.25) is 0 Å². The van der Waals surface area contributed by atoms with Crippen molar-refractivity contribution in [3.05, 3.63) is 0 Å². The van der Waals surface area contributed by atoms with Gasteiger partial charge in [0, 0.05) is 23.4 Å². The van der Waals surface area contributed by atoms with Crippen molar-refractivity contribution in [2.24, 2.45) is 0 Å². The van der Waals surface area contributed by atoms with Gasteiger partial charge >= 0.3 is 0 Å². The molecule has 0 rings (SSSR count). The molecular formula is C2H19ClCoO7. The quantitative estimate of drug-likeness (QED) is 0.441. The van der Waals surface area contributed by atoms with Crippen LogP contribution in [-0.2, 0) is 16.8 Å². The SMILES string of the molecule is CCO.Cl.O.O.O.O.O.O.[Co]. The molecule has 0 atom stereocenters. The molecule has 0 fully saturated rings. The van der Waals surface area contributed by atoms with Crippen LogP contribution >= 0.6 is 12.4 Å². The molecule has 0 saturated carbocycles. The van der Waals surface area contributed by atoms with Crippen LogP contribution in [0.4, 0.5) is 0 Å². The second kappa shape index (κ2) is 414. The predicted octanol–water partition coefficient (Wildman–Crippen LogP) is -4.53. The van der Waals surface area contributed by atoms with E-state index in [-0.39, 0.29) is 68.6 Å². The van der Waals surface area contributed by atoms with Crippen LogP contribution in [-0.4, -0.2) is 44.6 Å². The zero-order chi connectivity index (χ0) is 2.71. The van der Waals surface area contributed by atoms with Crippen molar-refractivity contribution >= 4 is 12.4 Å². The maximum absolute atomic E-state index is 7.57. The number of aliphatic hydroxyl groups excluding tert-OH is 1. The third-order valence-electron chi connectivity index (χ3n) is 0. The van der Waals surface area contributed by atoms with Gasteiger partial charge in [-0.25, -0.2) is 0 Å². The van der Waals surface area contributed by atoms with E-state index in [9.17, 15) is 0 Å². The molecule has 0 aliphatic carbocycles. The molecule has 1 radical (unpaired) electrons. The molecular weight excluding hydrogens is 230 g/mol. The van der Waals surface area contributed by atoms with E-state index in [0.717, 1.165) is 0 Å². The molecule has 85 valence electrons. The monoisotopic (exact) mass is 249 g/mol. The number of hydrogen-bond acceptors (Lipinski definition) is 1. The number of hydrogen-bond donors (Lipinski definition) is 1. The van der Waals surface area contributed by atoms with E-state index in [4.69, 9.17) is 5.11 Å². The fourth-order valence-corrected chi connectivity index (χ4v) is 0. The molecule has 0 bridgehead atoms. The Balaban J connectivity index is -0.000000000714. The van der Waals surface area contributed by atoms with Gasteiger partial charge in [0.1, 0.15) is 0 Å². The maximum Gasteiger partial charge on any atom is 0.0402 e. The Labute approximate surface area is 81.3 Å². The fourth-order valence-electron chi connectivity index (χ4n) is 0. The van der Waals surface area contributed by atoms with Crippen LogP contribution in [0, 0.1) is 0 Å². The normalized spacial score (nSPS) is 1.64. The van der Waals surface area contributed by atoms with E-state index in [1.165, 1.54) is 0 Å². The summed E-state index contributed by atoms with van der Waals surface area (Å²) in [5, 5.41) is 7.57. The summed E-state index contributed by atoms with van der Waals surface area (Å²) >= 11 is 0. The van der Waals surface area contributed by atoms with Crippen LogP contribution in [0.3, 0.4) is 0 Å². The average molecular weight is 250 g/mol. The Morgan fingerprint density at radius 3 is 0.818 bits per heavy atom. The molecule has 0 unspecified atom stereocenters.